The van der Waals surface area contributed by atoms with Gasteiger partial charge in [0.05, 0.1) is 10.6 Å². The van der Waals surface area contributed by atoms with Crippen LogP contribution in [-0.2, 0) is 0 Å². The van der Waals surface area contributed by atoms with E-state index in [1.807, 2.05) is 0 Å². The van der Waals surface area contributed by atoms with E-state index in [0.717, 1.165) is 0 Å². The minimum absolute atomic E-state index is 0.00606. The molecular formula is C12H11N5O3. The van der Waals surface area contributed by atoms with Crippen molar-refractivity contribution in [2.75, 3.05) is 5.73 Å². The molecule has 8 heteroatoms. The number of hydrogen-bond donors (Lipinski definition) is 2. The molecule has 1 aromatic heterocycles. The van der Waals surface area contributed by atoms with E-state index < -0.39 is 4.92 Å². The number of non-ortho nitro benzene ring substituents is 1. The highest BCUT2D eigenvalue weighted by Crippen LogP contribution is 2.26. The van der Waals surface area contributed by atoms with E-state index in [1.54, 1.807) is 6.92 Å². The average Bonchev–Trinajstić information content (AvgIpc) is 2.41. The van der Waals surface area contributed by atoms with E-state index in [1.165, 1.54) is 30.3 Å². The number of pyridine rings is 1. The second kappa shape index (κ2) is 5.31. The fraction of sp³-hybridized carbons (Fsp3) is 0.0833. The largest absolute Gasteiger partial charge is 0.504 e. The second-order valence-electron chi connectivity index (χ2n) is 4.00. The Bertz CT molecular complexity index is 699. The lowest BCUT2D eigenvalue weighted by Gasteiger charge is -2.00. The summed E-state index contributed by atoms with van der Waals surface area (Å²) >= 11 is 0. The van der Waals surface area contributed by atoms with Crippen molar-refractivity contribution in [1.29, 1.82) is 0 Å². The molecule has 0 aliphatic rings. The molecule has 2 rings (SSSR count). The van der Waals surface area contributed by atoms with Gasteiger partial charge in [0.1, 0.15) is 0 Å². The number of rotatable bonds is 3. The molecule has 0 saturated heterocycles. The SMILES string of the molecule is Cc1cc([N+](=O)[O-])ccc1N=Nc1ccc(O)c(N)n1. The fourth-order valence-electron chi connectivity index (χ4n) is 1.48. The number of aromatic nitrogens is 1. The summed E-state index contributed by atoms with van der Waals surface area (Å²) in [5, 5.41) is 27.7. The lowest BCUT2D eigenvalue weighted by molar-refractivity contribution is -0.384. The standard InChI is InChI=1S/C12H11N5O3/c1-7-6-8(17(19)20)2-3-9(7)15-16-11-5-4-10(18)12(13)14-11/h2-6,18H,1H3,(H2,13,14). The maximum absolute atomic E-state index is 10.6. The van der Waals surface area contributed by atoms with E-state index in [-0.39, 0.29) is 23.1 Å². The van der Waals surface area contributed by atoms with E-state index in [2.05, 4.69) is 15.2 Å². The monoisotopic (exact) mass is 273 g/mol. The summed E-state index contributed by atoms with van der Waals surface area (Å²) < 4.78 is 0. The molecule has 102 valence electrons. The van der Waals surface area contributed by atoms with Crippen molar-refractivity contribution in [3.05, 3.63) is 46.0 Å². The number of anilines is 1. The smallest absolute Gasteiger partial charge is 0.269 e. The Balaban J connectivity index is 2.27. The Hall–Kier alpha value is -3.03. The lowest BCUT2D eigenvalue weighted by Crippen LogP contribution is -1.89. The summed E-state index contributed by atoms with van der Waals surface area (Å²) in [6.07, 6.45) is 0. The topological polar surface area (TPSA) is 127 Å². The van der Waals surface area contributed by atoms with Crippen LogP contribution in [0.3, 0.4) is 0 Å². The van der Waals surface area contributed by atoms with Gasteiger partial charge < -0.3 is 10.8 Å². The van der Waals surface area contributed by atoms with Crippen molar-refractivity contribution < 1.29 is 10.0 Å². The number of hydrogen-bond acceptors (Lipinski definition) is 7. The number of nitrogens with two attached hydrogens (primary N) is 1. The molecule has 0 fully saturated rings. The van der Waals surface area contributed by atoms with Crippen molar-refractivity contribution in [2.45, 2.75) is 6.92 Å². The fourth-order valence-corrected chi connectivity index (χ4v) is 1.48. The third-order valence-electron chi connectivity index (χ3n) is 2.54. The van der Waals surface area contributed by atoms with E-state index in [4.69, 9.17) is 5.73 Å². The first-order valence-corrected chi connectivity index (χ1v) is 5.59. The molecule has 8 nitrogen and oxygen atoms in total. The van der Waals surface area contributed by atoms with Crippen LogP contribution < -0.4 is 5.73 Å². The van der Waals surface area contributed by atoms with Gasteiger partial charge in [0.15, 0.2) is 17.4 Å². The molecule has 3 N–H and O–H groups in total. The van der Waals surface area contributed by atoms with Crippen LogP contribution in [0.2, 0.25) is 0 Å². The zero-order valence-corrected chi connectivity index (χ0v) is 10.5. The first-order chi connectivity index (χ1) is 9.47. The van der Waals surface area contributed by atoms with E-state index in [9.17, 15) is 15.2 Å². The highest BCUT2D eigenvalue weighted by molar-refractivity contribution is 5.52. The van der Waals surface area contributed by atoms with Crippen LogP contribution in [0.1, 0.15) is 5.56 Å². The van der Waals surface area contributed by atoms with Crippen LogP contribution in [0.4, 0.5) is 23.0 Å². The Kier molecular flexibility index (Phi) is 3.56. The Morgan fingerprint density at radius 3 is 2.65 bits per heavy atom. The average molecular weight is 273 g/mol. The molecule has 0 bridgehead atoms. The van der Waals surface area contributed by atoms with Crippen LogP contribution >= 0.6 is 0 Å². The summed E-state index contributed by atoms with van der Waals surface area (Å²) in [5.74, 6) is 0.0652. The summed E-state index contributed by atoms with van der Waals surface area (Å²) in [4.78, 5) is 14.0. The first-order valence-electron chi connectivity index (χ1n) is 5.59. The number of benzene rings is 1. The third kappa shape index (κ3) is 2.86. The minimum atomic E-state index is -0.476. The van der Waals surface area contributed by atoms with Gasteiger partial charge in [0.2, 0.25) is 0 Å². The summed E-state index contributed by atoms with van der Waals surface area (Å²) in [5.41, 5.74) is 6.54. The number of nitrogens with zero attached hydrogens (tertiary/aromatic N) is 4. The Labute approximate surface area is 113 Å². The van der Waals surface area contributed by atoms with Gasteiger partial charge in [0.25, 0.3) is 5.69 Å². The van der Waals surface area contributed by atoms with Crippen LogP contribution in [0, 0.1) is 17.0 Å². The number of azo groups is 1. The van der Waals surface area contributed by atoms with Crippen LogP contribution in [0.15, 0.2) is 40.6 Å². The number of aromatic hydroxyl groups is 1. The van der Waals surface area contributed by atoms with Gasteiger partial charge in [-0.2, -0.15) is 0 Å². The van der Waals surface area contributed by atoms with Crippen LogP contribution in [0.25, 0.3) is 0 Å². The number of nitro groups is 1. The normalized spacial score (nSPS) is 10.8. The Morgan fingerprint density at radius 1 is 1.30 bits per heavy atom. The molecule has 0 atom stereocenters. The van der Waals surface area contributed by atoms with Crippen LogP contribution in [0.5, 0.6) is 5.75 Å². The van der Waals surface area contributed by atoms with Crippen molar-refractivity contribution in [2.24, 2.45) is 10.2 Å². The Morgan fingerprint density at radius 2 is 2.05 bits per heavy atom. The zero-order chi connectivity index (χ0) is 14.7. The molecule has 20 heavy (non-hydrogen) atoms. The van der Waals surface area contributed by atoms with Gasteiger partial charge in [-0.15, -0.1) is 10.2 Å². The molecule has 1 aromatic carbocycles. The van der Waals surface area contributed by atoms with Crippen molar-refractivity contribution in [1.82, 2.24) is 4.98 Å². The number of nitrogen functional groups attached to an aromatic ring is 1. The zero-order valence-electron chi connectivity index (χ0n) is 10.5. The predicted octanol–water partition coefficient (Wildman–Crippen LogP) is 3.00. The first kappa shape index (κ1) is 13.4. The predicted molar refractivity (Wildman–Crippen MR) is 72.3 cm³/mol. The summed E-state index contributed by atoms with van der Waals surface area (Å²) in [6, 6.07) is 7.07. The summed E-state index contributed by atoms with van der Waals surface area (Å²) in [6.45, 7) is 1.69. The molecule has 0 spiro atoms. The van der Waals surface area contributed by atoms with Crippen molar-refractivity contribution in [3.8, 4) is 5.75 Å². The number of nitro benzene ring substituents is 1. The molecule has 0 unspecified atom stereocenters. The van der Waals surface area contributed by atoms with Gasteiger partial charge in [-0.3, -0.25) is 10.1 Å². The van der Waals surface area contributed by atoms with Gasteiger partial charge in [-0.1, -0.05) is 0 Å². The molecule has 0 amide bonds. The third-order valence-corrected chi connectivity index (χ3v) is 2.54. The number of aryl methyl sites for hydroxylation is 1. The van der Waals surface area contributed by atoms with Crippen LogP contribution in [-0.4, -0.2) is 15.0 Å². The second-order valence-corrected chi connectivity index (χ2v) is 4.00. The highest BCUT2D eigenvalue weighted by atomic mass is 16.6. The quantitative estimate of drug-likeness (QED) is 0.504. The molecule has 2 aromatic rings. The van der Waals surface area contributed by atoms with Gasteiger partial charge in [-0.05, 0) is 30.7 Å². The molecular weight excluding hydrogens is 262 g/mol. The van der Waals surface area contributed by atoms with Gasteiger partial charge in [0, 0.05) is 12.1 Å². The molecule has 0 aliphatic carbocycles. The van der Waals surface area contributed by atoms with Crippen molar-refractivity contribution >= 4 is 23.0 Å². The minimum Gasteiger partial charge on any atom is -0.504 e. The highest BCUT2D eigenvalue weighted by Gasteiger charge is 2.07. The van der Waals surface area contributed by atoms with Crippen molar-refractivity contribution in [3.63, 3.8) is 0 Å². The van der Waals surface area contributed by atoms with E-state index in [0.29, 0.717) is 11.3 Å². The molecule has 0 saturated carbocycles. The van der Waals surface area contributed by atoms with Gasteiger partial charge in [-0.25, -0.2) is 4.98 Å². The molecule has 1 heterocycles. The molecule has 0 radical (unpaired) electrons. The maximum Gasteiger partial charge on any atom is 0.269 e. The lowest BCUT2D eigenvalue weighted by atomic mass is 10.2. The summed E-state index contributed by atoms with van der Waals surface area (Å²) in [7, 11) is 0. The molecule has 0 aliphatic heterocycles. The maximum atomic E-state index is 10.6. The van der Waals surface area contributed by atoms with Gasteiger partial charge >= 0.3 is 0 Å². The van der Waals surface area contributed by atoms with E-state index >= 15 is 0 Å².